The lowest BCUT2D eigenvalue weighted by molar-refractivity contribution is 0.360. The van der Waals surface area contributed by atoms with Gasteiger partial charge in [0, 0.05) is 18.2 Å². The smallest absolute Gasteiger partial charge is 0.134 e. The van der Waals surface area contributed by atoms with Crippen molar-refractivity contribution in [3.05, 3.63) is 11.9 Å². The number of hydrogen-bond acceptors (Lipinski definition) is 4. The number of rotatable bonds is 4. The second-order valence-corrected chi connectivity index (χ2v) is 5.33. The van der Waals surface area contributed by atoms with Crippen LogP contribution in [-0.2, 0) is 0 Å². The molecule has 2 N–H and O–H groups in total. The molecule has 4 heteroatoms. The maximum atomic E-state index is 4.37. The topological polar surface area (TPSA) is 49.8 Å². The molecule has 0 unspecified atom stereocenters. The van der Waals surface area contributed by atoms with Gasteiger partial charge in [-0.25, -0.2) is 9.97 Å². The molecule has 0 aliphatic heterocycles. The highest BCUT2D eigenvalue weighted by Crippen LogP contribution is 2.27. The molecule has 18 heavy (non-hydrogen) atoms. The average molecular weight is 248 g/mol. The van der Waals surface area contributed by atoms with Gasteiger partial charge >= 0.3 is 0 Å². The van der Waals surface area contributed by atoms with Crippen LogP contribution in [-0.4, -0.2) is 22.6 Å². The molecule has 1 aromatic rings. The second-order valence-electron chi connectivity index (χ2n) is 5.33. The van der Waals surface area contributed by atoms with Crippen LogP contribution in [0.1, 0.15) is 45.1 Å². The number of anilines is 2. The lowest BCUT2D eigenvalue weighted by Crippen LogP contribution is -2.26. The van der Waals surface area contributed by atoms with Crippen LogP contribution in [0, 0.1) is 12.8 Å². The summed E-state index contributed by atoms with van der Waals surface area (Å²) >= 11 is 0. The number of hydrogen-bond donors (Lipinski definition) is 2. The fraction of sp³-hybridized carbons (Fsp3) is 0.714. The predicted octanol–water partition coefficient (Wildman–Crippen LogP) is 3.21. The first kappa shape index (κ1) is 13.1. The summed E-state index contributed by atoms with van der Waals surface area (Å²) in [6.07, 6.45) is 6.78. The van der Waals surface area contributed by atoms with Crippen LogP contribution in [0.5, 0.6) is 0 Å². The molecule has 100 valence electrons. The van der Waals surface area contributed by atoms with Crippen molar-refractivity contribution in [2.24, 2.45) is 5.92 Å². The number of aromatic nitrogens is 2. The predicted molar refractivity (Wildman–Crippen MR) is 76.0 cm³/mol. The zero-order valence-electron chi connectivity index (χ0n) is 11.7. The van der Waals surface area contributed by atoms with E-state index in [-0.39, 0.29) is 0 Å². The molecular weight excluding hydrogens is 224 g/mol. The third kappa shape index (κ3) is 3.12. The van der Waals surface area contributed by atoms with Gasteiger partial charge in [0.1, 0.15) is 18.0 Å². The Balaban J connectivity index is 2.02. The monoisotopic (exact) mass is 248 g/mol. The summed E-state index contributed by atoms with van der Waals surface area (Å²) < 4.78 is 0. The third-order valence-corrected chi connectivity index (χ3v) is 3.78. The molecule has 0 atom stereocenters. The highest BCUT2D eigenvalue weighted by molar-refractivity contribution is 5.56. The van der Waals surface area contributed by atoms with Gasteiger partial charge in [0.25, 0.3) is 0 Å². The zero-order chi connectivity index (χ0) is 13.0. The summed E-state index contributed by atoms with van der Waals surface area (Å²) in [5, 5.41) is 6.85. The van der Waals surface area contributed by atoms with Crippen molar-refractivity contribution >= 4 is 11.6 Å². The summed E-state index contributed by atoms with van der Waals surface area (Å²) in [7, 11) is 0. The Labute approximate surface area is 110 Å². The zero-order valence-corrected chi connectivity index (χ0v) is 11.7. The van der Waals surface area contributed by atoms with E-state index in [0.717, 1.165) is 29.7 Å². The molecule has 1 saturated carbocycles. The quantitative estimate of drug-likeness (QED) is 0.859. The molecular formula is C14H24N4. The standard InChI is InChI=1S/C14H24N4/c1-4-15-13-11(3)14(17-9-16-13)18-12-7-5-10(2)6-8-12/h9-10,12H,4-8H2,1-3H3,(H2,15,16,17,18). The van der Waals surface area contributed by atoms with E-state index in [4.69, 9.17) is 0 Å². The average Bonchev–Trinajstić information content (AvgIpc) is 2.37. The molecule has 0 saturated heterocycles. The Morgan fingerprint density at radius 2 is 1.83 bits per heavy atom. The molecule has 0 aromatic carbocycles. The molecule has 1 aromatic heterocycles. The van der Waals surface area contributed by atoms with Gasteiger partial charge in [0.15, 0.2) is 0 Å². The van der Waals surface area contributed by atoms with Crippen LogP contribution >= 0.6 is 0 Å². The Morgan fingerprint density at radius 3 is 2.50 bits per heavy atom. The largest absolute Gasteiger partial charge is 0.370 e. The molecule has 0 spiro atoms. The van der Waals surface area contributed by atoms with Crippen LogP contribution in [0.15, 0.2) is 6.33 Å². The van der Waals surface area contributed by atoms with Crippen molar-refractivity contribution in [2.45, 2.75) is 52.5 Å². The Bertz CT molecular complexity index is 383. The molecule has 1 aliphatic rings. The number of nitrogens with one attached hydrogen (secondary N) is 2. The summed E-state index contributed by atoms with van der Waals surface area (Å²) in [4.78, 5) is 8.64. The summed E-state index contributed by atoms with van der Waals surface area (Å²) in [6, 6.07) is 0.573. The van der Waals surface area contributed by atoms with E-state index < -0.39 is 0 Å². The van der Waals surface area contributed by atoms with E-state index in [9.17, 15) is 0 Å². The van der Waals surface area contributed by atoms with Gasteiger partial charge in [-0.1, -0.05) is 6.92 Å². The fourth-order valence-corrected chi connectivity index (χ4v) is 2.54. The van der Waals surface area contributed by atoms with Crippen LogP contribution in [0.2, 0.25) is 0 Å². The second kappa shape index (κ2) is 6.03. The molecule has 0 bridgehead atoms. The summed E-state index contributed by atoms with van der Waals surface area (Å²) in [5.74, 6) is 2.81. The minimum atomic E-state index is 0.573. The normalized spacial score (nSPS) is 23.7. The molecule has 1 heterocycles. The lowest BCUT2D eigenvalue weighted by atomic mass is 9.87. The first-order chi connectivity index (χ1) is 8.70. The molecule has 0 radical (unpaired) electrons. The highest BCUT2D eigenvalue weighted by Gasteiger charge is 2.19. The third-order valence-electron chi connectivity index (χ3n) is 3.78. The minimum absolute atomic E-state index is 0.573. The molecule has 4 nitrogen and oxygen atoms in total. The molecule has 0 amide bonds. The fourth-order valence-electron chi connectivity index (χ4n) is 2.54. The van der Waals surface area contributed by atoms with Crippen molar-refractivity contribution in [3.63, 3.8) is 0 Å². The Hall–Kier alpha value is -1.32. The van der Waals surface area contributed by atoms with E-state index in [0.29, 0.717) is 6.04 Å². The van der Waals surface area contributed by atoms with Gasteiger partial charge < -0.3 is 10.6 Å². The van der Waals surface area contributed by atoms with Crippen molar-refractivity contribution in [2.75, 3.05) is 17.2 Å². The minimum Gasteiger partial charge on any atom is -0.370 e. The summed E-state index contributed by atoms with van der Waals surface area (Å²) in [6.45, 7) is 7.39. The Morgan fingerprint density at radius 1 is 1.17 bits per heavy atom. The van der Waals surface area contributed by atoms with Crippen LogP contribution < -0.4 is 10.6 Å². The van der Waals surface area contributed by atoms with Gasteiger partial charge in [0.2, 0.25) is 0 Å². The van der Waals surface area contributed by atoms with Crippen molar-refractivity contribution in [1.29, 1.82) is 0 Å². The van der Waals surface area contributed by atoms with Gasteiger partial charge in [-0.3, -0.25) is 0 Å². The molecule has 1 fully saturated rings. The Kier molecular flexibility index (Phi) is 4.39. The van der Waals surface area contributed by atoms with Crippen LogP contribution in [0.4, 0.5) is 11.6 Å². The maximum absolute atomic E-state index is 4.37. The van der Waals surface area contributed by atoms with Gasteiger partial charge in [-0.2, -0.15) is 0 Å². The number of nitrogens with zero attached hydrogens (tertiary/aromatic N) is 2. The van der Waals surface area contributed by atoms with E-state index in [1.165, 1.54) is 25.7 Å². The SMILES string of the molecule is CCNc1ncnc(NC2CCC(C)CC2)c1C. The van der Waals surface area contributed by atoms with E-state index in [2.05, 4.69) is 41.4 Å². The van der Waals surface area contributed by atoms with Gasteiger partial charge in [-0.05, 0) is 45.4 Å². The lowest BCUT2D eigenvalue weighted by Gasteiger charge is -2.28. The van der Waals surface area contributed by atoms with E-state index >= 15 is 0 Å². The first-order valence-electron chi connectivity index (χ1n) is 7.02. The van der Waals surface area contributed by atoms with Crippen molar-refractivity contribution in [1.82, 2.24) is 9.97 Å². The summed E-state index contributed by atoms with van der Waals surface area (Å²) in [5.41, 5.74) is 1.12. The van der Waals surface area contributed by atoms with Crippen molar-refractivity contribution < 1.29 is 0 Å². The van der Waals surface area contributed by atoms with Gasteiger partial charge in [-0.15, -0.1) is 0 Å². The van der Waals surface area contributed by atoms with E-state index in [1.54, 1.807) is 6.33 Å². The highest BCUT2D eigenvalue weighted by atomic mass is 15.1. The van der Waals surface area contributed by atoms with Gasteiger partial charge in [0.05, 0.1) is 0 Å². The van der Waals surface area contributed by atoms with Crippen molar-refractivity contribution in [3.8, 4) is 0 Å². The first-order valence-corrected chi connectivity index (χ1v) is 7.02. The van der Waals surface area contributed by atoms with Crippen LogP contribution in [0.3, 0.4) is 0 Å². The maximum Gasteiger partial charge on any atom is 0.134 e. The van der Waals surface area contributed by atoms with E-state index in [1.807, 2.05) is 0 Å². The molecule has 1 aliphatic carbocycles. The van der Waals surface area contributed by atoms with Crippen LogP contribution in [0.25, 0.3) is 0 Å². The molecule has 2 rings (SSSR count).